The van der Waals surface area contributed by atoms with E-state index in [2.05, 4.69) is 9.98 Å². The van der Waals surface area contributed by atoms with Crippen LogP contribution in [-0.4, -0.2) is 46.0 Å². The van der Waals surface area contributed by atoms with Crippen LogP contribution in [0.2, 0.25) is 0 Å². The van der Waals surface area contributed by atoms with Crippen LogP contribution in [0.15, 0.2) is 46.5 Å². The fraction of sp³-hybridized carbons (Fsp3) is 0.294. The van der Waals surface area contributed by atoms with E-state index in [1.165, 1.54) is 13.1 Å². The van der Waals surface area contributed by atoms with E-state index in [-0.39, 0.29) is 16.1 Å². The first kappa shape index (κ1) is 20.0. The van der Waals surface area contributed by atoms with Gasteiger partial charge in [0, 0.05) is 36.9 Å². The molecule has 9 heteroatoms. The van der Waals surface area contributed by atoms with Crippen LogP contribution in [-0.2, 0) is 10.8 Å². The number of benzene rings is 1. The fourth-order valence-corrected chi connectivity index (χ4v) is 3.35. The number of alkyl halides is 3. The van der Waals surface area contributed by atoms with Crippen LogP contribution in [0.3, 0.4) is 0 Å². The highest BCUT2D eigenvalue weighted by Crippen LogP contribution is 2.28. The van der Waals surface area contributed by atoms with Gasteiger partial charge in [0.1, 0.15) is 23.1 Å². The Hall–Kier alpha value is -2.29. The molecule has 0 amide bonds. The van der Waals surface area contributed by atoms with Crippen LogP contribution in [0, 0.1) is 12.7 Å². The van der Waals surface area contributed by atoms with Gasteiger partial charge in [-0.15, -0.1) is 0 Å². The lowest BCUT2D eigenvalue weighted by atomic mass is 10.2. The first-order valence-electron chi connectivity index (χ1n) is 7.50. The molecule has 2 rings (SSSR count). The van der Waals surface area contributed by atoms with Gasteiger partial charge in [0.05, 0.1) is 10.8 Å². The molecule has 0 saturated carbocycles. The van der Waals surface area contributed by atoms with Crippen molar-refractivity contribution >= 4 is 22.3 Å². The second kappa shape index (κ2) is 7.94. The summed E-state index contributed by atoms with van der Waals surface area (Å²) in [4.78, 5) is 9.73. The third-order valence-electron chi connectivity index (χ3n) is 3.35. The van der Waals surface area contributed by atoms with E-state index in [1.54, 1.807) is 37.3 Å². The lowest BCUT2D eigenvalue weighted by Gasteiger charge is -2.16. The van der Waals surface area contributed by atoms with Gasteiger partial charge in [-0.25, -0.2) is 9.38 Å². The van der Waals surface area contributed by atoms with Gasteiger partial charge in [0.25, 0.3) is 0 Å². The quantitative estimate of drug-likeness (QED) is 0.455. The Morgan fingerprint density at radius 2 is 2.00 bits per heavy atom. The predicted molar refractivity (Wildman–Crippen MR) is 92.6 cm³/mol. The van der Waals surface area contributed by atoms with Gasteiger partial charge in [-0.3, -0.25) is 9.19 Å². The van der Waals surface area contributed by atoms with Crippen molar-refractivity contribution in [1.29, 1.82) is 0 Å². The lowest BCUT2D eigenvalue weighted by molar-refractivity contribution is -0.105. The largest absolute Gasteiger partial charge is 0.400 e. The van der Waals surface area contributed by atoms with Crippen LogP contribution >= 0.6 is 0 Å². The Labute approximate surface area is 151 Å². The van der Waals surface area contributed by atoms with E-state index in [0.717, 1.165) is 12.1 Å². The number of halogens is 4. The van der Waals surface area contributed by atoms with E-state index in [4.69, 9.17) is 0 Å². The van der Waals surface area contributed by atoms with E-state index < -0.39 is 28.5 Å². The zero-order valence-electron chi connectivity index (χ0n) is 14.3. The summed E-state index contributed by atoms with van der Waals surface area (Å²) in [5.41, 5.74) is 0.598. The number of pyridine rings is 1. The molecule has 0 bridgehead atoms. The average molecular weight is 387 g/mol. The summed E-state index contributed by atoms with van der Waals surface area (Å²) < 4.78 is 63.9. The van der Waals surface area contributed by atoms with Gasteiger partial charge in [0.2, 0.25) is 0 Å². The second-order valence-electron chi connectivity index (χ2n) is 5.75. The topological polar surface area (TPSA) is 45.6 Å². The molecule has 1 heterocycles. The summed E-state index contributed by atoms with van der Waals surface area (Å²) in [5.74, 6) is -1.84. The summed E-state index contributed by atoms with van der Waals surface area (Å²) in [7, 11) is 1.05. The Morgan fingerprint density at radius 1 is 1.31 bits per heavy atom. The molecular formula is C17H17F4N3OS. The molecule has 1 atom stereocenters. The molecule has 0 aliphatic rings. The highest BCUT2D eigenvalue weighted by molar-refractivity contribution is 7.85. The zero-order valence-corrected chi connectivity index (χ0v) is 15.2. The smallest absolute Gasteiger partial charge is 0.362 e. The van der Waals surface area contributed by atoms with Crippen molar-refractivity contribution in [2.24, 2.45) is 4.99 Å². The van der Waals surface area contributed by atoms with Crippen LogP contribution in [0.25, 0.3) is 0 Å². The number of aromatic nitrogens is 1. The van der Waals surface area contributed by atoms with E-state index >= 15 is 0 Å². The van der Waals surface area contributed by atoms with Crippen molar-refractivity contribution in [2.45, 2.75) is 18.0 Å². The third-order valence-corrected chi connectivity index (χ3v) is 4.87. The Bertz CT molecular complexity index is 836. The zero-order chi connectivity index (χ0) is 19.5. The first-order chi connectivity index (χ1) is 12.1. The van der Waals surface area contributed by atoms with Gasteiger partial charge < -0.3 is 4.90 Å². The molecule has 0 aliphatic carbocycles. The van der Waals surface area contributed by atoms with Crippen LogP contribution in [0.5, 0.6) is 0 Å². The molecule has 1 unspecified atom stereocenters. The van der Waals surface area contributed by atoms with Gasteiger partial charge in [0.15, 0.2) is 0 Å². The summed E-state index contributed by atoms with van der Waals surface area (Å²) in [6.07, 6.45) is -1.48. The lowest BCUT2D eigenvalue weighted by Crippen LogP contribution is -2.23. The summed E-state index contributed by atoms with van der Waals surface area (Å²) in [5, 5.41) is 0. The highest BCUT2D eigenvalue weighted by Gasteiger charge is 2.31. The molecule has 26 heavy (non-hydrogen) atoms. The van der Waals surface area contributed by atoms with Crippen molar-refractivity contribution in [1.82, 2.24) is 9.88 Å². The molecule has 0 aliphatic heterocycles. The Balaban J connectivity index is 2.52. The highest BCUT2D eigenvalue weighted by atomic mass is 32.2. The molecular weight excluding hydrogens is 370 g/mol. The van der Waals surface area contributed by atoms with Crippen LogP contribution in [0.1, 0.15) is 11.1 Å². The first-order valence-corrected chi connectivity index (χ1v) is 8.82. The van der Waals surface area contributed by atoms with Crippen LogP contribution in [0.4, 0.5) is 23.2 Å². The molecule has 0 saturated heterocycles. The predicted octanol–water partition coefficient (Wildman–Crippen LogP) is 3.84. The van der Waals surface area contributed by atoms with Crippen molar-refractivity contribution < 1.29 is 21.8 Å². The molecule has 0 fully saturated rings. The van der Waals surface area contributed by atoms with Crippen molar-refractivity contribution in [3.63, 3.8) is 0 Å². The normalized spacial score (nSPS) is 13.6. The summed E-state index contributed by atoms with van der Waals surface area (Å²) >= 11 is 0. The summed E-state index contributed by atoms with van der Waals surface area (Å²) in [6, 6.07) is 5.55. The monoisotopic (exact) mass is 387 g/mol. The molecule has 1 aromatic carbocycles. The number of hydrogen-bond acceptors (Lipinski definition) is 3. The van der Waals surface area contributed by atoms with Gasteiger partial charge in [-0.2, -0.15) is 13.2 Å². The van der Waals surface area contributed by atoms with Gasteiger partial charge >= 0.3 is 6.18 Å². The van der Waals surface area contributed by atoms with Crippen LogP contribution < -0.4 is 0 Å². The van der Waals surface area contributed by atoms with Gasteiger partial charge in [-0.05, 0) is 36.8 Å². The number of aliphatic imine (C=N–C) groups is 1. The van der Waals surface area contributed by atoms with Crippen molar-refractivity contribution in [3.8, 4) is 0 Å². The Morgan fingerprint density at radius 3 is 2.54 bits per heavy atom. The van der Waals surface area contributed by atoms with E-state index in [1.807, 2.05) is 0 Å². The minimum absolute atomic E-state index is 0.0910. The minimum atomic E-state index is -4.58. The molecule has 0 N–H and O–H groups in total. The SMILES string of the molecule is Cc1cc(F)c(N=C(c2cccnc2)N(C)C)cc1S(=O)CC(F)(F)F. The molecule has 140 valence electrons. The summed E-state index contributed by atoms with van der Waals surface area (Å²) in [6.45, 7) is 1.41. The Kier molecular flexibility index (Phi) is 6.12. The van der Waals surface area contributed by atoms with E-state index in [9.17, 15) is 21.8 Å². The number of aryl methyl sites for hydroxylation is 1. The second-order valence-corrected chi connectivity index (χ2v) is 7.17. The number of rotatable bonds is 4. The molecule has 2 aromatic rings. The number of nitrogens with zero attached hydrogens (tertiary/aromatic N) is 3. The van der Waals surface area contributed by atoms with Crippen molar-refractivity contribution in [3.05, 3.63) is 53.6 Å². The molecule has 1 aromatic heterocycles. The average Bonchev–Trinajstić information content (AvgIpc) is 2.52. The van der Waals surface area contributed by atoms with Crippen molar-refractivity contribution in [2.75, 3.05) is 19.8 Å². The maximum atomic E-state index is 14.3. The van der Waals surface area contributed by atoms with Gasteiger partial charge in [-0.1, -0.05) is 0 Å². The third kappa shape index (κ3) is 5.10. The maximum Gasteiger partial charge on any atom is 0.400 e. The molecule has 4 nitrogen and oxygen atoms in total. The maximum absolute atomic E-state index is 14.3. The standard InChI is InChI=1S/C17H17F4N3OS/c1-11-7-13(18)14(8-15(11)26(25)10-17(19,20)21)23-16(24(2)3)12-5-4-6-22-9-12/h4-9H,10H2,1-3H3. The minimum Gasteiger partial charge on any atom is -0.362 e. The number of amidine groups is 1. The van der Waals surface area contributed by atoms with E-state index in [0.29, 0.717) is 11.4 Å². The molecule has 0 spiro atoms. The fourth-order valence-electron chi connectivity index (χ4n) is 2.23. The molecule has 0 radical (unpaired) electrons. The number of hydrogen-bond donors (Lipinski definition) is 0.